The number of carbonyl (C=O) groups excluding carboxylic acids is 1. The van der Waals surface area contributed by atoms with Crippen LogP contribution in [0.1, 0.15) is 46.8 Å². The molecule has 34 heavy (non-hydrogen) atoms. The third-order valence-electron chi connectivity index (χ3n) is 5.79. The largest absolute Gasteiger partial charge is 0.416 e. The molecular formula is C23H27ClF3N3O3S. The molecule has 0 spiro atoms. The second-order valence-corrected chi connectivity index (χ2v) is 11.0. The smallest absolute Gasteiger partial charge is 0.348 e. The highest BCUT2D eigenvalue weighted by Crippen LogP contribution is 2.34. The zero-order valence-electron chi connectivity index (χ0n) is 18.7. The summed E-state index contributed by atoms with van der Waals surface area (Å²) in [5.41, 5.74) is 5.22. The lowest BCUT2D eigenvalue weighted by Gasteiger charge is -2.31. The SMILES string of the molecule is CCS(=O)(=O)c1ccc(Cl)cc1CNC(=O)c1ccc(CN2CCC[C@@H](N)C2)c(C(F)(F)F)c1. The molecule has 186 valence electrons. The van der Waals surface area contributed by atoms with E-state index >= 15 is 0 Å². The van der Waals surface area contributed by atoms with E-state index in [-0.39, 0.29) is 51.5 Å². The molecule has 0 bridgehead atoms. The minimum absolute atomic E-state index is 0.0192. The van der Waals surface area contributed by atoms with Crippen molar-refractivity contribution >= 4 is 27.3 Å². The van der Waals surface area contributed by atoms with Crippen LogP contribution in [0.15, 0.2) is 41.3 Å². The number of hydrogen-bond donors (Lipinski definition) is 2. The molecule has 1 fully saturated rings. The van der Waals surface area contributed by atoms with Gasteiger partial charge >= 0.3 is 6.18 Å². The number of amides is 1. The fraction of sp³-hybridized carbons (Fsp3) is 0.435. The molecule has 1 amide bonds. The van der Waals surface area contributed by atoms with Gasteiger partial charge in [0, 0.05) is 36.3 Å². The molecule has 2 aromatic carbocycles. The Morgan fingerprint density at radius 2 is 1.94 bits per heavy atom. The summed E-state index contributed by atoms with van der Waals surface area (Å²) in [4.78, 5) is 14.6. The zero-order valence-corrected chi connectivity index (χ0v) is 20.2. The van der Waals surface area contributed by atoms with Gasteiger partial charge in [-0.1, -0.05) is 24.6 Å². The average Bonchev–Trinajstić information content (AvgIpc) is 2.77. The Bertz CT molecular complexity index is 1160. The van der Waals surface area contributed by atoms with Crippen LogP contribution in [0.2, 0.25) is 5.02 Å². The standard InChI is InChI=1S/C23H27ClF3N3O3S/c1-2-34(32,33)21-8-7-18(24)10-17(21)12-29-22(31)15-5-6-16(20(11-15)23(25,26)27)13-30-9-3-4-19(28)14-30/h5-8,10-11,19H,2-4,9,12-14,28H2,1H3,(H,29,31)/t19-/m1/s1. The number of piperidine rings is 1. The van der Waals surface area contributed by atoms with E-state index < -0.39 is 27.5 Å². The van der Waals surface area contributed by atoms with Crippen LogP contribution in [0.4, 0.5) is 13.2 Å². The molecule has 6 nitrogen and oxygen atoms in total. The molecule has 0 saturated carbocycles. The van der Waals surface area contributed by atoms with Crippen molar-refractivity contribution in [2.24, 2.45) is 5.73 Å². The third-order valence-corrected chi connectivity index (χ3v) is 7.85. The fourth-order valence-corrected chi connectivity index (χ4v) is 5.33. The number of sulfone groups is 1. The summed E-state index contributed by atoms with van der Waals surface area (Å²) in [7, 11) is -3.58. The third kappa shape index (κ3) is 6.50. The first-order chi connectivity index (χ1) is 15.9. The van der Waals surface area contributed by atoms with E-state index in [2.05, 4.69) is 5.32 Å². The number of nitrogens with two attached hydrogens (primary N) is 1. The average molecular weight is 518 g/mol. The van der Waals surface area contributed by atoms with Crippen molar-refractivity contribution in [3.63, 3.8) is 0 Å². The van der Waals surface area contributed by atoms with Crippen LogP contribution in [0.25, 0.3) is 0 Å². The number of benzene rings is 2. The summed E-state index contributed by atoms with van der Waals surface area (Å²) < 4.78 is 66.0. The van der Waals surface area contributed by atoms with Gasteiger partial charge < -0.3 is 11.1 Å². The van der Waals surface area contributed by atoms with Crippen molar-refractivity contribution < 1.29 is 26.4 Å². The first kappa shape index (κ1) is 26.5. The van der Waals surface area contributed by atoms with Crippen molar-refractivity contribution in [2.75, 3.05) is 18.8 Å². The summed E-state index contributed by atoms with van der Waals surface area (Å²) in [5, 5.41) is 2.79. The van der Waals surface area contributed by atoms with Crippen molar-refractivity contribution in [1.29, 1.82) is 0 Å². The highest BCUT2D eigenvalue weighted by Gasteiger charge is 2.34. The fourth-order valence-electron chi connectivity index (χ4n) is 4.02. The molecule has 0 aliphatic carbocycles. The number of likely N-dealkylation sites (tertiary alicyclic amines) is 1. The number of rotatable bonds is 7. The van der Waals surface area contributed by atoms with Crippen molar-refractivity contribution in [3.05, 3.63) is 63.7 Å². The van der Waals surface area contributed by atoms with Crippen LogP contribution in [0, 0.1) is 0 Å². The van der Waals surface area contributed by atoms with Crippen LogP contribution in [0.3, 0.4) is 0 Å². The van der Waals surface area contributed by atoms with Crippen LogP contribution >= 0.6 is 11.6 Å². The van der Waals surface area contributed by atoms with Crippen LogP contribution in [0.5, 0.6) is 0 Å². The Morgan fingerprint density at radius 1 is 1.21 bits per heavy atom. The summed E-state index contributed by atoms with van der Waals surface area (Å²) in [5.74, 6) is -0.898. The molecule has 0 radical (unpaired) electrons. The van der Waals surface area contributed by atoms with E-state index in [0.29, 0.717) is 13.1 Å². The maximum atomic E-state index is 13.8. The first-order valence-electron chi connectivity index (χ1n) is 10.9. The number of hydrogen-bond acceptors (Lipinski definition) is 5. The normalized spacial score (nSPS) is 17.5. The molecule has 3 N–H and O–H groups in total. The van der Waals surface area contributed by atoms with E-state index in [1.807, 2.05) is 4.90 Å². The van der Waals surface area contributed by atoms with Gasteiger partial charge in [0.25, 0.3) is 5.91 Å². The van der Waals surface area contributed by atoms with E-state index in [9.17, 15) is 26.4 Å². The number of carbonyl (C=O) groups is 1. The van der Waals surface area contributed by atoms with Crippen molar-refractivity contribution in [3.8, 4) is 0 Å². The Balaban J connectivity index is 1.81. The molecule has 11 heteroatoms. The van der Waals surface area contributed by atoms with Crippen molar-refractivity contribution in [1.82, 2.24) is 10.2 Å². The molecule has 3 rings (SSSR count). The lowest BCUT2D eigenvalue weighted by Crippen LogP contribution is -2.42. The predicted molar refractivity (Wildman–Crippen MR) is 124 cm³/mol. The van der Waals surface area contributed by atoms with Gasteiger partial charge in [0.1, 0.15) is 0 Å². The van der Waals surface area contributed by atoms with Gasteiger partial charge in [-0.05, 0) is 60.8 Å². The monoisotopic (exact) mass is 517 g/mol. The Labute approximate surface area is 202 Å². The molecule has 1 saturated heterocycles. The lowest BCUT2D eigenvalue weighted by atomic mass is 10.0. The van der Waals surface area contributed by atoms with E-state index in [0.717, 1.165) is 18.9 Å². The van der Waals surface area contributed by atoms with Gasteiger partial charge in [0.15, 0.2) is 9.84 Å². The maximum absolute atomic E-state index is 13.8. The molecule has 1 atom stereocenters. The van der Waals surface area contributed by atoms with Gasteiger partial charge in [-0.25, -0.2) is 8.42 Å². The van der Waals surface area contributed by atoms with Crippen molar-refractivity contribution in [2.45, 2.75) is 50.0 Å². The quantitative estimate of drug-likeness (QED) is 0.579. The summed E-state index contributed by atoms with van der Waals surface area (Å²) in [6, 6.07) is 7.61. The lowest BCUT2D eigenvalue weighted by molar-refractivity contribution is -0.138. The van der Waals surface area contributed by atoms with Gasteiger partial charge in [-0.2, -0.15) is 13.2 Å². The minimum atomic E-state index is -4.64. The number of nitrogens with zero attached hydrogens (tertiary/aromatic N) is 1. The van der Waals surface area contributed by atoms with Gasteiger partial charge in [-0.3, -0.25) is 9.69 Å². The maximum Gasteiger partial charge on any atom is 0.416 e. The molecule has 0 aromatic heterocycles. The zero-order chi connectivity index (χ0) is 25.1. The Kier molecular flexibility index (Phi) is 8.28. The topological polar surface area (TPSA) is 92.5 Å². The highest BCUT2D eigenvalue weighted by molar-refractivity contribution is 7.91. The number of alkyl halides is 3. The van der Waals surface area contributed by atoms with Crippen LogP contribution < -0.4 is 11.1 Å². The Morgan fingerprint density at radius 3 is 2.59 bits per heavy atom. The summed E-state index contributed by atoms with van der Waals surface area (Å²) >= 11 is 5.98. The first-order valence-corrected chi connectivity index (χ1v) is 12.9. The molecular weight excluding hydrogens is 491 g/mol. The summed E-state index contributed by atoms with van der Waals surface area (Å²) in [6.07, 6.45) is -2.98. The van der Waals surface area contributed by atoms with Gasteiger partial charge in [-0.15, -0.1) is 0 Å². The summed E-state index contributed by atoms with van der Waals surface area (Å²) in [6.45, 7) is 2.55. The molecule has 2 aromatic rings. The van der Waals surface area contributed by atoms with E-state index in [1.165, 1.54) is 37.3 Å². The predicted octanol–water partition coefficient (Wildman–Crippen LogP) is 4.01. The van der Waals surface area contributed by atoms with Crippen LogP contribution in [-0.4, -0.2) is 44.1 Å². The minimum Gasteiger partial charge on any atom is -0.348 e. The molecule has 0 unspecified atom stereocenters. The molecule has 1 aliphatic rings. The molecule has 1 heterocycles. The van der Waals surface area contributed by atoms with Gasteiger partial charge in [0.2, 0.25) is 0 Å². The van der Waals surface area contributed by atoms with E-state index in [4.69, 9.17) is 17.3 Å². The number of halogens is 4. The second-order valence-electron chi connectivity index (χ2n) is 8.35. The second kappa shape index (κ2) is 10.6. The number of nitrogens with one attached hydrogen (secondary N) is 1. The highest BCUT2D eigenvalue weighted by atomic mass is 35.5. The Hall–Kier alpha value is -2.14. The van der Waals surface area contributed by atoms with E-state index in [1.54, 1.807) is 0 Å². The van der Waals surface area contributed by atoms with Gasteiger partial charge in [0.05, 0.1) is 16.2 Å². The molecule has 1 aliphatic heterocycles. The van der Waals surface area contributed by atoms with Crippen LogP contribution in [-0.2, 0) is 29.1 Å².